The summed E-state index contributed by atoms with van der Waals surface area (Å²) >= 11 is 0. The van der Waals surface area contributed by atoms with Gasteiger partial charge in [0.15, 0.2) is 34.3 Å². The van der Waals surface area contributed by atoms with E-state index < -0.39 is 35.1 Å². The van der Waals surface area contributed by atoms with Crippen molar-refractivity contribution in [2.45, 2.75) is 128 Å². The van der Waals surface area contributed by atoms with Crippen LogP contribution in [0.5, 0.6) is 0 Å². The van der Waals surface area contributed by atoms with Crippen molar-refractivity contribution in [3.05, 3.63) is 257 Å². The fraction of sp³-hybridized carbons (Fsp3) is 0.289. The predicted molar refractivity (Wildman–Crippen MR) is 444 cm³/mol. The van der Waals surface area contributed by atoms with Crippen LogP contribution in [0, 0.1) is 26.6 Å². The average molecular weight is 1640 g/mol. The summed E-state index contributed by atoms with van der Waals surface area (Å²) in [6.45, 7) is 19.9. The van der Waals surface area contributed by atoms with E-state index in [0.29, 0.717) is 115 Å². The third-order valence-electron chi connectivity index (χ3n) is 22.2. The lowest BCUT2D eigenvalue weighted by atomic mass is 9.95. The van der Waals surface area contributed by atoms with Crippen LogP contribution in [0.3, 0.4) is 0 Å². The Balaban J connectivity index is 0.000000156. The number of aryl methyl sites for hydroxylation is 6. The number of nitrogen functional groups attached to an aromatic ring is 3. The third-order valence-corrected chi connectivity index (χ3v) is 22.2. The normalized spacial score (nSPS) is 15.7. The Kier molecular flexibility index (Phi) is 25.5. The molecular formula is C90H88F7N17O6. The van der Waals surface area contributed by atoms with E-state index in [9.17, 15) is 59.5 Å². The smallest absolute Gasteiger partial charge is 0.398 e. The van der Waals surface area contributed by atoms with Crippen LogP contribution in [0.15, 0.2) is 190 Å². The van der Waals surface area contributed by atoms with Crippen molar-refractivity contribution < 1.29 is 59.5 Å². The van der Waals surface area contributed by atoms with Gasteiger partial charge in [0.05, 0.1) is 45.4 Å². The van der Waals surface area contributed by atoms with Gasteiger partial charge in [0.1, 0.15) is 47.2 Å². The third kappa shape index (κ3) is 18.6. The van der Waals surface area contributed by atoms with Crippen molar-refractivity contribution >= 4 is 85.5 Å². The molecule has 6 aromatic heterocycles. The van der Waals surface area contributed by atoms with Gasteiger partial charge in [-0.2, -0.15) is 41.6 Å². The zero-order chi connectivity index (χ0) is 85.4. The molecule has 0 bridgehead atoms. The van der Waals surface area contributed by atoms with Gasteiger partial charge in [0.2, 0.25) is 17.7 Å². The lowest BCUT2D eigenvalue weighted by Gasteiger charge is -2.32. The molecule has 0 unspecified atom stereocenters. The Morgan fingerprint density at radius 3 is 1.27 bits per heavy atom. The quantitative estimate of drug-likeness (QED) is 0.0342. The zero-order valence-electron chi connectivity index (χ0n) is 66.3. The van der Waals surface area contributed by atoms with Crippen LogP contribution >= 0.6 is 0 Å². The topological polar surface area (TPSA) is 308 Å². The summed E-state index contributed by atoms with van der Waals surface area (Å²) in [5, 5.41) is 16.7. The number of aromatic nitrogens is 11. The minimum Gasteiger partial charge on any atom is -0.398 e. The number of piperidine rings is 3. The zero-order valence-corrected chi connectivity index (χ0v) is 66.3. The lowest BCUT2D eigenvalue weighted by molar-refractivity contribution is -0.140. The van der Waals surface area contributed by atoms with E-state index in [1.807, 2.05) is 107 Å². The number of halogens is 7. The summed E-state index contributed by atoms with van der Waals surface area (Å²) in [5.41, 5.74) is 29.7. The van der Waals surface area contributed by atoms with E-state index in [2.05, 4.69) is 56.8 Å². The second kappa shape index (κ2) is 36.2. The number of nitrogens with two attached hydrogens (primary N) is 3. The van der Waals surface area contributed by atoms with E-state index in [-0.39, 0.29) is 83.0 Å². The van der Waals surface area contributed by atoms with Crippen LogP contribution in [-0.4, -0.2) is 143 Å². The van der Waals surface area contributed by atoms with Gasteiger partial charge in [-0.3, -0.25) is 28.8 Å². The molecule has 3 saturated heterocycles. The van der Waals surface area contributed by atoms with Gasteiger partial charge in [-0.25, -0.2) is 43.4 Å². The van der Waals surface area contributed by atoms with E-state index in [0.717, 1.165) is 130 Å². The molecule has 30 heteroatoms. The molecule has 3 aliphatic heterocycles. The number of nitrogens with zero attached hydrogens (tertiary/aromatic N) is 14. The number of hydrogen-bond acceptors (Lipinski definition) is 17. The fourth-order valence-electron chi connectivity index (χ4n) is 15.8. The molecule has 3 amide bonds. The molecule has 6 N–H and O–H groups in total. The van der Waals surface area contributed by atoms with Gasteiger partial charge in [0.25, 0.3) is 0 Å². The standard InChI is InChI=1S/C31H33N5O2.C30H29F3N6O2.C29H26F4N6O2/c1-4-27(38)35-18-6-9-24(19-35)36-31-29(25(32)16-17-33-31)30(34-36)23-13-10-22(11-14-23)12-15-26(37)28-20(2)7-5-8-21(28)3;1-3-25(41)38-14-4-5-22(16-38)39-29-26(28(34)35-17-36-29)27(37-39)20-10-7-19(8-11-20)9-13-24(40)23-15-21(30(31,32)33)12-6-18(23)2;1-2-24(41)38-13-3-4-20(15-38)39-28-25(27(34)35-16-36-28)26(37-39)18-8-5-17(6-9-18)7-12-23(40)19-10-11-21(22(30)14-19)29(31,32)33/h4-5,7-8,10-11,13-14,16-17,24H,1,6,9,12,15,18-19H2,2-3H3,(H2,32,33);3,6-8,10-12,15,17,22H,1,4-5,9,13-14,16H2,2H3,(H2,34,35,36);2,5-6,8-11,14,16,20H,1,3-4,7,12-13,15H2,(H2,34,35,36)/t24-;22-;20-/m111/s1. The Hall–Kier alpha value is -13.4. The van der Waals surface area contributed by atoms with Crippen LogP contribution < -0.4 is 17.2 Å². The van der Waals surface area contributed by atoms with Gasteiger partial charge in [0, 0.05) is 104 Å². The summed E-state index contributed by atoms with van der Waals surface area (Å²) in [4.78, 5) is 102. The molecule has 120 heavy (non-hydrogen) atoms. The summed E-state index contributed by atoms with van der Waals surface area (Å²) in [6, 6.07) is 35.9. The van der Waals surface area contributed by atoms with Crippen LogP contribution in [0.2, 0.25) is 0 Å². The van der Waals surface area contributed by atoms with Crippen molar-refractivity contribution in [3.63, 3.8) is 0 Å². The molecule has 0 spiro atoms. The molecule has 15 rings (SSSR count). The number of ketones is 3. The predicted octanol–water partition coefficient (Wildman–Crippen LogP) is 16.4. The summed E-state index contributed by atoms with van der Waals surface area (Å²) < 4.78 is 97.2. The lowest BCUT2D eigenvalue weighted by Crippen LogP contribution is -2.40. The van der Waals surface area contributed by atoms with Crippen LogP contribution in [0.25, 0.3) is 66.9 Å². The number of rotatable bonds is 21. The van der Waals surface area contributed by atoms with Gasteiger partial charge in [-0.05, 0) is 160 Å². The molecular weight excluding hydrogens is 1550 g/mol. The largest absolute Gasteiger partial charge is 0.419 e. The number of likely N-dealkylation sites (tertiary alicyclic amines) is 3. The second-order valence-corrected chi connectivity index (χ2v) is 30.1. The maximum Gasteiger partial charge on any atom is 0.419 e. The molecule has 12 aromatic rings. The Labute approximate surface area is 686 Å². The number of pyridine rings is 1. The van der Waals surface area contributed by atoms with Gasteiger partial charge >= 0.3 is 12.4 Å². The SMILES string of the molecule is C=CC(=O)N1CCC[C@@H](n2nc(-c3ccc(CCC(=O)c4c(C)cccc4C)cc3)c3c(N)ccnc32)C1.C=CC(=O)N1CCC[C@@H](n2nc(-c3ccc(CCC(=O)c4cc(C(F)(F)F)ccc4C)cc3)c3c(N)ncnc32)C1.C=CC(=O)N1CCC[C@@H](n2nc(-c3ccc(CCC(=O)c4ccc(C(F)(F)F)c(F)c4)cc3)c3c(N)ncnc32)C1. The number of benzene rings is 6. The van der Waals surface area contributed by atoms with Crippen LogP contribution in [-0.2, 0) is 46.0 Å². The Morgan fingerprint density at radius 1 is 0.458 bits per heavy atom. The average Bonchev–Trinajstić information content (AvgIpc) is 1.62. The highest BCUT2D eigenvalue weighted by Gasteiger charge is 2.36. The first-order chi connectivity index (χ1) is 57.5. The number of amides is 3. The molecule has 3 aliphatic rings. The number of carbonyl (C=O) groups is 6. The van der Waals surface area contributed by atoms with Crippen molar-refractivity contribution in [1.82, 2.24) is 69.0 Å². The number of hydrogen-bond donors (Lipinski definition) is 3. The van der Waals surface area contributed by atoms with Gasteiger partial charge < -0.3 is 31.9 Å². The van der Waals surface area contributed by atoms with Crippen molar-refractivity contribution in [3.8, 4) is 33.8 Å². The highest BCUT2D eigenvalue weighted by molar-refractivity contribution is 6.03. The van der Waals surface area contributed by atoms with Crippen molar-refractivity contribution in [1.29, 1.82) is 0 Å². The molecule has 0 aliphatic carbocycles. The molecule has 6 aromatic carbocycles. The monoisotopic (exact) mass is 1640 g/mol. The Bertz CT molecular complexity index is 5900. The van der Waals surface area contributed by atoms with Crippen LogP contribution in [0.1, 0.15) is 151 Å². The van der Waals surface area contributed by atoms with Crippen molar-refractivity contribution in [2.24, 2.45) is 0 Å². The fourth-order valence-corrected chi connectivity index (χ4v) is 15.8. The van der Waals surface area contributed by atoms with E-state index in [1.165, 1.54) is 36.9 Å². The minimum absolute atomic E-state index is 0.00776. The molecule has 3 fully saturated rings. The molecule has 9 heterocycles. The van der Waals surface area contributed by atoms with Crippen LogP contribution in [0.4, 0.5) is 48.1 Å². The summed E-state index contributed by atoms with van der Waals surface area (Å²) in [7, 11) is 0. The van der Waals surface area contributed by atoms with E-state index in [4.69, 9.17) is 32.5 Å². The number of alkyl halides is 6. The Morgan fingerprint density at radius 2 is 0.867 bits per heavy atom. The number of anilines is 3. The van der Waals surface area contributed by atoms with Gasteiger partial charge in [-0.1, -0.05) is 123 Å². The maximum absolute atomic E-state index is 13.9. The highest BCUT2D eigenvalue weighted by Crippen LogP contribution is 2.40. The maximum atomic E-state index is 13.9. The van der Waals surface area contributed by atoms with Gasteiger partial charge in [-0.15, -0.1) is 0 Å². The molecule has 3 atom stereocenters. The van der Waals surface area contributed by atoms with E-state index >= 15 is 0 Å². The van der Waals surface area contributed by atoms with Crippen molar-refractivity contribution in [2.75, 3.05) is 56.5 Å². The molecule has 618 valence electrons. The molecule has 0 radical (unpaired) electrons. The first-order valence-electron chi connectivity index (χ1n) is 39.3. The highest BCUT2D eigenvalue weighted by atomic mass is 19.4. The summed E-state index contributed by atoms with van der Waals surface area (Å²) in [6.07, 6.45) is 5.98. The van der Waals surface area contributed by atoms with E-state index in [1.54, 1.807) is 33.7 Å². The number of carbonyl (C=O) groups excluding carboxylic acids is 6. The first-order valence-corrected chi connectivity index (χ1v) is 39.3. The number of Topliss-reactive ketones (excluding diaryl/α,β-unsaturated/α-hetero) is 3. The number of fused-ring (bicyclic) bond motifs is 3. The first kappa shape index (κ1) is 84.5. The summed E-state index contributed by atoms with van der Waals surface area (Å²) in [5.74, 6) is -1.89. The molecule has 0 saturated carbocycles. The minimum atomic E-state index is -4.83. The molecule has 23 nitrogen and oxygen atoms in total. The second-order valence-electron chi connectivity index (χ2n) is 30.1.